The van der Waals surface area contributed by atoms with Crippen LogP contribution in [0, 0.1) is 23.2 Å². The van der Waals surface area contributed by atoms with Crippen molar-refractivity contribution in [2.45, 2.75) is 106 Å². The van der Waals surface area contributed by atoms with Gasteiger partial charge in [0, 0.05) is 0 Å². The maximum Gasteiger partial charge on any atom is -0.0326 e. The smallest absolute Gasteiger partial charge is 0.0326 e. The highest BCUT2D eigenvalue weighted by Gasteiger charge is 2.28. The monoisotopic (exact) mass is 282 g/mol. The molecule has 0 rings (SSSR count). The second kappa shape index (κ2) is 10.7. The van der Waals surface area contributed by atoms with E-state index in [9.17, 15) is 0 Å². The standard InChI is InChI=1S/C20H42/c1-8-10-11-16-20(6,7)19(14-12-17(3)4)15-13-18(5)9-2/h17-19H,8-16H2,1-7H3. The first kappa shape index (κ1) is 20.0. The second-order valence-electron chi connectivity index (χ2n) is 8.20. The third-order valence-electron chi connectivity index (χ3n) is 5.33. The first-order chi connectivity index (χ1) is 9.33. The minimum atomic E-state index is 0.539. The van der Waals surface area contributed by atoms with Gasteiger partial charge in [0.1, 0.15) is 0 Å². The van der Waals surface area contributed by atoms with Crippen LogP contribution in [0.5, 0.6) is 0 Å². The third kappa shape index (κ3) is 9.03. The number of hydrogen-bond acceptors (Lipinski definition) is 0. The Morgan fingerprint density at radius 2 is 1.40 bits per heavy atom. The Bertz CT molecular complexity index is 214. The van der Waals surface area contributed by atoms with E-state index in [-0.39, 0.29) is 0 Å². The van der Waals surface area contributed by atoms with Gasteiger partial charge in [0.15, 0.2) is 0 Å². The first-order valence-electron chi connectivity index (χ1n) is 9.33. The SMILES string of the molecule is CCCCCC(C)(C)C(CCC(C)C)CCC(C)CC. The fraction of sp³-hybridized carbons (Fsp3) is 1.00. The molecule has 0 bridgehead atoms. The van der Waals surface area contributed by atoms with Gasteiger partial charge in [-0.1, -0.05) is 87.0 Å². The van der Waals surface area contributed by atoms with Gasteiger partial charge in [-0.3, -0.25) is 0 Å². The molecule has 0 aliphatic heterocycles. The van der Waals surface area contributed by atoms with E-state index in [4.69, 9.17) is 0 Å². The van der Waals surface area contributed by atoms with Gasteiger partial charge in [0.2, 0.25) is 0 Å². The van der Waals surface area contributed by atoms with Crippen molar-refractivity contribution in [3.8, 4) is 0 Å². The summed E-state index contributed by atoms with van der Waals surface area (Å²) in [5, 5.41) is 0. The Balaban J connectivity index is 4.45. The summed E-state index contributed by atoms with van der Waals surface area (Å²) in [6.45, 7) is 16.9. The summed E-state index contributed by atoms with van der Waals surface area (Å²) >= 11 is 0. The first-order valence-corrected chi connectivity index (χ1v) is 9.33. The molecule has 0 heterocycles. The van der Waals surface area contributed by atoms with Crippen LogP contribution in [0.15, 0.2) is 0 Å². The van der Waals surface area contributed by atoms with Crippen LogP contribution >= 0.6 is 0 Å². The van der Waals surface area contributed by atoms with Crippen molar-refractivity contribution in [1.29, 1.82) is 0 Å². The van der Waals surface area contributed by atoms with Crippen molar-refractivity contribution in [1.82, 2.24) is 0 Å². The molecule has 0 saturated carbocycles. The summed E-state index contributed by atoms with van der Waals surface area (Å²) in [5.74, 6) is 2.69. The minimum absolute atomic E-state index is 0.539. The van der Waals surface area contributed by atoms with Gasteiger partial charge in [-0.25, -0.2) is 0 Å². The van der Waals surface area contributed by atoms with Crippen LogP contribution < -0.4 is 0 Å². The Hall–Kier alpha value is 0. The normalized spacial score (nSPS) is 15.6. The van der Waals surface area contributed by atoms with Gasteiger partial charge in [-0.2, -0.15) is 0 Å². The van der Waals surface area contributed by atoms with E-state index in [1.54, 1.807) is 0 Å². The van der Waals surface area contributed by atoms with Gasteiger partial charge < -0.3 is 0 Å². The van der Waals surface area contributed by atoms with Gasteiger partial charge in [0.25, 0.3) is 0 Å². The lowest BCUT2D eigenvalue weighted by Crippen LogP contribution is -2.25. The minimum Gasteiger partial charge on any atom is -0.0654 e. The van der Waals surface area contributed by atoms with E-state index >= 15 is 0 Å². The van der Waals surface area contributed by atoms with Crippen LogP contribution in [-0.4, -0.2) is 0 Å². The van der Waals surface area contributed by atoms with E-state index in [0.29, 0.717) is 5.41 Å². The molecule has 0 heteroatoms. The summed E-state index contributed by atoms with van der Waals surface area (Å²) in [7, 11) is 0. The highest BCUT2D eigenvalue weighted by Crippen LogP contribution is 2.40. The van der Waals surface area contributed by atoms with Crippen LogP contribution in [0.3, 0.4) is 0 Å². The zero-order chi connectivity index (χ0) is 15.6. The van der Waals surface area contributed by atoms with Crippen LogP contribution in [0.4, 0.5) is 0 Å². The molecule has 0 fully saturated rings. The molecule has 0 aromatic heterocycles. The van der Waals surface area contributed by atoms with E-state index in [0.717, 1.165) is 17.8 Å². The summed E-state index contributed by atoms with van der Waals surface area (Å²) in [5.41, 5.74) is 0.539. The fourth-order valence-corrected chi connectivity index (χ4v) is 3.18. The molecule has 0 radical (unpaired) electrons. The molecule has 122 valence electrons. The van der Waals surface area contributed by atoms with Gasteiger partial charge >= 0.3 is 0 Å². The maximum atomic E-state index is 2.53. The average Bonchev–Trinajstić information content (AvgIpc) is 2.37. The van der Waals surface area contributed by atoms with E-state index in [2.05, 4.69) is 48.5 Å². The molecule has 20 heavy (non-hydrogen) atoms. The predicted octanol–water partition coefficient (Wildman–Crippen LogP) is 7.47. The molecule has 0 spiro atoms. The summed E-state index contributed by atoms with van der Waals surface area (Å²) in [6, 6.07) is 0. The highest BCUT2D eigenvalue weighted by atomic mass is 14.3. The van der Waals surface area contributed by atoms with Crippen LogP contribution in [-0.2, 0) is 0 Å². The van der Waals surface area contributed by atoms with E-state index in [1.165, 1.54) is 57.8 Å². The lowest BCUT2D eigenvalue weighted by Gasteiger charge is -2.36. The van der Waals surface area contributed by atoms with Crippen molar-refractivity contribution in [3.05, 3.63) is 0 Å². The zero-order valence-corrected chi connectivity index (χ0v) is 15.6. The van der Waals surface area contributed by atoms with Crippen LogP contribution in [0.1, 0.15) is 106 Å². The Morgan fingerprint density at radius 1 is 0.800 bits per heavy atom. The fourth-order valence-electron chi connectivity index (χ4n) is 3.18. The molecule has 0 amide bonds. The molecule has 0 nitrogen and oxygen atoms in total. The number of hydrogen-bond donors (Lipinski definition) is 0. The van der Waals surface area contributed by atoms with Crippen molar-refractivity contribution >= 4 is 0 Å². The summed E-state index contributed by atoms with van der Waals surface area (Å²) in [6.07, 6.45) is 12.7. The summed E-state index contributed by atoms with van der Waals surface area (Å²) in [4.78, 5) is 0. The summed E-state index contributed by atoms with van der Waals surface area (Å²) < 4.78 is 0. The molecule has 0 aromatic rings. The molecule has 0 aliphatic carbocycles. The molecule has 0 aromatic carbocycles. The Kier molecular flexibility index (Phi) is 10.7. The largest absolute Gasteiger partial charge is 0.0654 e. The molecule has 0 saturated heterocycles. The van der Waals surface area contributed by atoms with Gasteiger partial charge in [-0.15, -0.1) is 0 Å². The molecular formula is C20H42. The lowest BCUT2D eigenvalue weighted by atomic mass is 9.70. The quantitative estimate of drug-likeness (QED) is 0.326. The molecule has 2 unspecified atom stereocenters. The average molecular weight is 283 g/mol. The number of unbranched alkanes of at least 4 members (excludes halogenated alkanes) is 2. The van der Waals surface area contributed by atoms with Gasteiger partial charge in [-0.05, 0) is 42.4 Å². The van der Waals surface area contributed by atoms with Crippen LogP contribution in [0.25, 0.3) is 0 Å². The number of rotatable bonds is 12. The Morgan fingerprint density at radius 3 is 1.90 bits per heavy atom. The molecule has 0 N–H and O–H groups in total. The Labute approximate surface area is 130 Å². The second-order valence-corrected chi connectivity index (χ2v) is 8.20. The van der Waals surface area contributed by atoms with Crippen molar-refractivity contribution < 1.29 is 0 Å². The van der Waals surface area contributed by atoms with E-state index in [1.807, 2.05) is 0 Å². The van der Waals surface area contributed by atoms with Crippen molar-refractivity contribution in [2.24, 2.45) is 23.2 Å². The lowest BCUT2D eigenvalue weighted by molar-refractivity contribution is 0.150. The van der Waals surface area contributed by atoms with Crippen molar-refractivity contribution in [3.63, 3.8) is 0 Å². The van der Waals surface area contributed by atoms with Crippen LogP contribution in [0.2, 0.25) is 0 Å². The van der Waals surface area contributed by atoms with E-state index < -0.39 is 0 Å². The maximum absolute atomic E-state index is 2.53. The molecular weight excluding hydrogens is 240 g/mol. The molecule has 0 aliphatic rings. The van der Waals surface area contributed by atoms with Crippen molar-refractivity contribution in [2.75, 3.05) is 0 Å². The zero-order valence-electron chi connectivity index (χ0n) is 15.6. The third-order valence-corrected chi connectivity index (χ3v) is 5.33. The van der Waals surface area contributed by atoms with Gasteiger partial charge in [0.05, 0.1) is 0 Å². The molecule has 2 atom stereocenters. The predicted molar refractivity (Wildman–Crippen MR) is 94.2 cm³/mol. The topological polar surface area (TPSA) is 0 Å². The highest BCUT2D eigenvalue weighted by molar-refractivity contribution is 4.79.